The molecule has 0 aliphatic rings. The molecule has 4 aromatic rings. The Balaban J connectivity index is 2.01. The van der Waals surface area contributed by atoms with E-state index in [9.17, 15) is 13.2 Å². The second-order valence-electron chi connectivity index (χ2n) is 6.39. The van der Waals surface area contributed by atoms with Gasteiger partial charge >= 0.3 is 6.18 Å². The summed E-state index contributed by atoms with van der Waals surface area (Å²) in [6.45, 7) is 0.347. The highest BCUT2D eigenvalue weighted by molar-refractivity contribution is 5.96. The van der Waals surface area contributed by atoms with Gasteiger partial charge in [-0.2, -0.15) is 18.3 Å². The maximum Gasteiger partial charge on any atom is 0.418 e. The second kappa shape index (κ2) is 7.03. The van der Waals surface area contributed by atoms with Crippen molar-refractivity contribution < 1.29 is 17.9 Å². The van der Waals surface area contributed by atoms with E-state index in [1.165, 1.54) is 6.07 Å². The van der Waals surface area contributed by atoms with Crippen LogP contribution >= 0.6 is 0 Å². The molecule has 1 heterocycles. The van der Waals surface area contributed by atoms with E-state index in [0.717, 1.165) is 11.6 Å². The van der Waals surface area contributed by atoms with Gasteiger partial charge in [-0.3, -0.25) is 4.68 Å². The van der Waals surface area contributed by atoms with Crippen molar-refractivity contribution in [3.63, 3.8) is 0 Å². The first-order chi connectivity index (χ1) is 13.5. The first kappa shape index (κ1) is 18.1. The lowest BCUT2D eigenvalue weighted by Gasteiger charge is -2.12. The molecule has 3 nitrogen and oxygen atoms in total. The smallest absolute Gasteiger partial charge is 0.418 e. The Morgan fingerprint density at radius 2 is 1.61 bits per heavy atom. The summed E-state index contributed by atoms with van der Waals surface area (Å²) in [6.07, 6.45) is -4.48. The molecule has 0 saturated carbocycles. The van der Waals surface area contributed by atoms with Crippen LogP contribution in [0.25, 0.3) is 22.2 Å². The van der Waals surface area contributed by atoms with Crippen LogP contribution in [0, 0.1) is 0 Å². The molecular formula is C22H17F3N2O. The average Bonchev–Trinajstić information content (AvgIpc) is 3.05. The topological polar surface area (TPSA) is 27.1 Å². The monoisotopic (exact) mass is 382 g/mol. The Kier molecular flexibility index (Phi) is 4.55. The number of hydrogen-bond donors (Lipinski definition) is 0. The van der Waals surface area contributed by atoms with Crippen molar-refractivity contribution in [2.24, 2.45) is 0 Å². The molecule has 0 aliphatic carbocycles. The van der Waals surface area contributed by atoms with Gasteiger partial charge in [0.1, 0.15) is 11.3 Å². The SMILES string of the molecule is COc1ccccc1-c1c2cccc(C(F)(F)F)c2nn1Cc1ccccc1. The standard InChI is InChI=1S/C22H17F3N2O/c1-28-19-13-6-5-10-16(19)21-17-11-7-12-18(22(23,24)25)20(17)26-27(21)14-15-8-3-2-4-9-15/h2-13H,14H2,1H3. The van der Waals surface area contributed by atoms with E-state index >= 15 is 0 Å². The number of methoxy groups -OCH3 is 1. The minimum atomic E-state index is -4.48. The molecule has 0 fully saturated rings. The highest BCUT2D eigenvalue weighted by Crippen LogP contribution is 2.40. The van der Waals surface area contributed by atoms with E-state index in [0.29, 0.717) is 28.9 Å². The molecule has 0 spiro atoms. The summed E-state index contributed by atoms with van der Waals surface area (Å²) in [4.78, 5) is 0. The van der Waals surface area contributed by atoms with E-state index in [4.69, 9.17) is 4.74 Å². The quantitative estimate of drug-likeness (QED) is 0.447. The van der Waals surface area contributed by atoms with Crippen LogP contribution in [-0.2, 0) is 12.7 Å². The number of hydrogen-bond acceptors (Lipinski definition) is 2. The summed E-state index contributed by atoms with van der Waals surface area (Å²) < 4.78 is 47.8. The highest BCUT2D eigenvalue weighted by atomic mass is 19.4. The van der Waals surface area contributed by atoms with Crippen LogP contribution in [-0.4, -0.2) is 16.9 Å². The van der Waals surface area contributed by atoms with Gasteiger partial charge in [-0.05, 0) is 23.8 Å². The Morgan fingerprint density at radius 1 is 0.893 bits per heavy atom. The molecule has 1 aromatic heterocycles. The van der Waals surface area contributed by atoms with Crippen molar-refractivity contribution in [2.75, 3.05) is 7.11 Å². The van der Waals surface area contributed by atoms with Crippen molar-refractivity contribution in [3.8, 4) is 17.0 Å². The van der Waals surface area contributed by atoms with E-state index in [1.54, 1.807) is 23.9 Å². The van der Waals surface area contributed by atoms with Crippen molar-refractivity contribution >= 4 is 10.9 Å². The Bertz CT molecular complexity index is 1120. The number of benzene rings is 3. The summed E-state index contributed by atoms with van der Waals surface area (Å²) in [5.41, 5.74) is 1.44. The molecule has 6 heteroatoms. The molecule has 142 valence electrons. The van der Waals surface area contributed by atoms with Crippen LogP contribution in [0.2, 0.25) is 0 Å². The molecule has 0 N–H and O–H groups in total. The summed E-state index contributed by atoms with van der Waals surface area (Å²) in [5, 5.41) is 4.81. The fourth-order valence-electron chi connectivity index (χ4n) is 3.38. The molecule has 3 aromatic carbocycles. The highest BCUT2D eigenvalue weighted by Gasteiger charge is 2.34. The van der Waals surface area contributed by atoms with Crippen LogP contribution in [0.15, 0.2) is 72.8 Å². The molecule has 0 aliphatic heterocycles. The van der Waals surface area contributed by atoms with Gasteiger partial charge in [-0.1, -0.05) is 54.6 Å². The summed E-state index contributed by atoms with van der Waals surface area (Å²) in [7, 11) is 1.54. The predicted molar refractivity (Wildman–Crippen MR) is 102 cm³/mol. The fraction of sp³-hybridized carbons (Fsp3) is 0.136. The summed E-state index contributed by atoms with van der Waals surface area (Å²) in [6, 6.07) is 20.9. The zero-order chi connectivity index (χ0) is 19.7. The molecule has 0 atom stereocenters. The minimum absolute atomic E-state index is 0.0631. The third-order valence-electron chi connectivity index (χ3n) is 4.61. The van der Waals surface area contributed by atoms with E-state index in [-0.39, 0.29) is 5.52 Å². The van der Waals surface area contributed by atoms with Gasteiger partial charge in [0.15, 0.2) is 0 Å². The van der Waals surface area contributed by atoms with E-state index in [1.807, 2.05) is 48.5 Å². The number of nitrogens with zero attached hydrogens (tertiary/aromatic N) is 2. The lowest BCUT2D eigenvalue weighted by atomic mass is 10.0. The predicted octanol–water partition coefficient (Wildman–Crippen LogP) is 5.78. The molecule has 0 saturated heterocycles. The van der Waals surface area contributed by atoms with Crippen LogP contribution in [0.4, 0.5) is 13.2 Å². The van der Waals surface area contributed by atoms with Crippen LogP contribution in [0.3, 0.4) is 0 Å². The van der Waals surface area contributed by atoms with Crippen LogP contribution in [0.1, 0.15) is 11.1 Å². The van der Waals surface area contributed by atoms with Gasteiger partial charge in [0.2, 0.25) is 0 Å². The zero-order valence-electron chi connectivity index (χ0n) is 15.1. The first-order valence-corrected chi connectivity index (χ1v) is 8.73. The summed E-state index contributed by atoms with van der Waals surface area (Å²) in [5.74, 6) is 0.580. The Hall–Kier alpha value is -3.28. The van der Waals surface area contributed by atoms with Crippen molar-refractivity contribution in [1.82, 2.24) is 9.78 Å². The molecule has 0 unspecified atom stereocenters. The lowest BCUT2D eigenvalue weighted by molar-refractivity contribution is -0.136. The van der Waals surface area contributed by atoms with Crippen molar-refractivity contribution in [3.05, 3.63) is 83.9 Å². The van der Waals surface area contributed by atoms with Crippen LogP contribution < -0.4 is 4.74 Å². The van der Waals surface area contributed by atoms with Gasteiger partial charge < -0.3 is 4.74 Å². The number of ether oxygens (including phenoxy) is 1. The molecule has 4 rings (SSSR count). The molecular weight excluding hydrogens is 365 g/mol. The average molecular weight is 382 g/mol. The van der Waals surface area contributed by atoms with Gasteiger partial charge in [0, 0.05) is 10.9 Å². The fourth-order valence-corrected chi connectivity index (χ4v) is 3.38. The third-order valence-corrected chi connectivity index (χ3v) is 4.61. The first-order valence-electron chi connectivity index (χ1n) is 8.73. The van der Waals surface area contributed by atoms with Gasteiger partial charge in [0.05, 0.1) is 24.9 Å². The third kappa shape index (κ3) is 3.22. The largest absolute Gasteiger partial charge is 0.496 e. The molecule has 0 bridgehead atoms. The maximum absolute atomic E-state index is 13.6. The second-order valence-corrected chi connectivity index (χ2v) is 6.39. The number of rotatable bonds is 4. The number of alkyl halides is 3. The Labute approximate surface area is 160 Å². The van der Waals surface area contributed by atoms with E-state index in [2.05, 4.69) is 5.10 Å². The number of para-hydroxylation sites is 1. The van der Waals surface area contributed by atoms with Gasteiger partial charge in [-0.25, -0.2) is 0 Å². The molecule has 28 heavy (non-hydrogen) atoms. The lowest BCUT2D eigenvalue weighted by Crippen LogP contribution is -2.06. The number of halogens is 3. The van der Waals surface area contributed by atoms with Crippen molar-refractivity contribution in [1.29, 1.82) is 0 Å². The summed E-state index contributed by atoms with van der Waals surface area (Å²) >= 11 is 0. The zero-order valence-corrected chi connectivity index (χ0v) is 15.1. The number of aromatic nitrogens is 2. The van der Waals surface area contributed by atoms with Crippen molar-refractivity contribution in [2.45, 2.75) is 12.7 Å². The molecule has 0 radical (unpaired) electrons. The van der Waals surface area contributed by atoms with E-state index < -0.39 is 11.7 Å². The molecule has 0 amide bonds. The Morgan fingerprint density at radius 3 is 2.32 bits per heavy atom. The number of fused-ring (bicyclic) bond motifs is 1. The van der Waals surface area contributed by atoms with Gasteiger partial charge in [0.25, 0.3) is 0 Å². The van der Waals surface area contributed by atoms with Crippen LogP contribution in [0.5, 0.6) is 5.75 Å². The maximum atomic E-state index is 13.6. The minimum Gasteiger partial charge on any atom is -0.496 e. The normalized spacial score (nSPS) is 11.7. The van der Waals surface area contributed by atoms with Gasteiger partial charge in [-0.15, -0.1) is 0 Å².